The molecule has 2 aromatic carbocycles. The van der Waals surface area contributed by atoms with Crippen LogP contribution >= 0.6 is 0 Å². The molecule has 6 nitrogen and oxygen atoms in total. The molecule has 1 aliphatic rings. The number of carbonyl (C=O) groups excluding carboxylic acids is 2. The Kier molecular flexibility index (Phi) is 8.36. The van der Waals surface area contributed by atoms with E-state index in [2.05, 4.69) is 10.6 Å². The molecule has 0 bridgehead atoms. The normalized spacial score (nSPS) is 15.1. The van der Waals surface area contributed by atoms with Gasteiger partial charge in [0.25, 0.3) is 0 Å². The molecular weight excluding hydrogens is 452 g/mol. The Balaban J connectivity index is 1.54. The van der Waals surface area contributed by atoms with Crippen molar-refractivity contribution in [3.63, 3.8) is 0 Å². The molecule has 1 atom stereocenters. The van der Waals surface area contributed by atoms with Crippen LogP contribution < -0.4 is 15.5 Å². The lowest BCUT2D eigenvalue weighted by molar-refractivity contribution is -0.137. The third-order valence-corrected chi connectivity index (χ3v) is 5.68. The lowest BCUT2D eigenvalue weighted by Gasteiger charge is -2.37. The molecule has 3 amide bonds. The molecule has 1 fully saturated rings. The van der Waals surface area contributed by atoms with E-state index in [1.807, 2.05) is 11.8 Å². The van der Waals surface area contributed by atoms with Crippen molar-refractivity contribution in [2.75, 3.05) is 31.1 Å². The highest BCUT2D eigenvalue weighted by atomic mass is 19.4. The minimum atomic E-state index is -4.41. The van der Waals surface area contributed by atoms with Crippen LogP contribution in [0, 0.1) is 5.82 Å². The third kappa shape index (κ3) is 6.85. The molecule has 1 unspecified atom stereocenters. The van der Waals surface area contributed by atoms with Crippen LogP contribution in [0.2, 0.25) is 0 Å². The highest BCUT2D eigenvalue weighted by molar-refractivity contribution is 5.87. The van der Waals surface area contributed by atoms with Gasteiger partial charge >= 0.3 is 12.2 Å². The van der Waals surface area contributed by atoms with E-state index in [0.717, 1.165) is 17.7 Å². The number of hydrogen-bond donors (Lipinski definition) is 2. The topological polar surface area (TPSA) is 64.7 Å². The van der Waals surface area contributed by atoms with Crippen LogP contribution in [0.15, 0.2) is 48.5 Å². The summed E-state index contributed by atoms with van der Waals surface area (Å²) in [5.74, 6) is -0.586. The summed E-state index contributed by atoms with van der Waals surface area (Å²) >= 11 is 0. The zero-order valence-electron chi connectivity index (χ0n) is 18.9. The second-order valence-electron chi connectivity index (χ2n) is 8.16. The van der Waals surface area contributed by atoms with E-state index in [9.17, 15) is 27.2 Å². The van der Waals surface area contributed by atoms with E-state index in [-0.39, 0.29) is 18.3 Å². The lowest BCUT2D eigenvalue weighted by atomic mass is 10.1. The van der Waals surface area contributed by atoms with Crippen molar-refractivity contribution in [3.8, 4) is 0 Å². The Hall–Kier alpha value is -3.30. The highest BCUT2D eigenvalue weighted by Crippen LogP contribution is 2.31. The van der Waals surface area contributed by atoms with Gasteiger partial charge in [-0.15, -0.1) is 0 Å². The molecule has 2 N–H and O–H groups in total. The zero-order chi connectivity index (χ0) is 24.7. The standard InChI is InChI=1S/C24H28F4N4O2/c1-2-4-21(30-23(34)29-16-17-7-9-19(25)10-8-17)22(33)32-13-11-31(12-14-32)20-6-3-5-18(15-20)24(26,27)28/h3,5-10,15,21H,2,4,11-14,16H2,1H3,(H2,29,30,34). The molecule has 34 heavy (non-hydrogen) atoms. The fourth-order valence-corrected chi connectivity index (χ4v) is 3.82. The van der Waals surface area contributed by atoms with Crippen LogP contribution in [0.3, 0.4) is 0 Å². The maximum atomic E-state index is 13.0. The number of benzene rings is 2. The maximum absolute atomic E-state index is 13.0. The first kappa shape index (κ1) is 25.3. The largest absolute Gasteiger partial charge is 0.416 e. The predicted molar refractivity (Wildman–Crippen MR) is 121 cm³/mol. The van der Waals surface area contributed by atoms with Crippen molar-refractivity contribution in [2.24, 2.45) is 0 Å². The fraction of sp³-hybridized carbons (Fsp3) is 0.417. The monoisotopic (exact) mass is 480 g/mol. The summed E-state index contributed by atoms with van der Waals surface area (Å²) in [5.41, 5.74) is 0.480. The summed E-state index contributed by atoms with van der Waals surface area (Å²) in [7, 11) is 0. The van der Waals surface area contributed by atoms with Crippen LogP contribution in [0.4, 0.5) is 28.0 Å². The average Bonchev–Trinajstić information content (AvgIpc) is 2.82. The van der Waals surface area contributed by atoms with Gasteiger partial charge < -0.3 is 20.4 Å². The van der Waals surface area contributed by atoms with Gasteiger partial charge in [0.2, 0.25) is 5.91 Å². The fourth-order valence-electron chi connectivity index (χ4n) is 3.82. The molecule has 184 valence electrons. The summed E-state index contributed by atoms with van der Waals surface area (Å²) in [6.45, 7) is 3.56. The number of alkyl halides is 3. The van der Waals surface area contributed by atoms with Gasteiger partial charge in [0.05, 0.1) is 5.56 Å². The minimum absolute atomic E-state index is 0.189. The number of carbonyl (C=O) groups is 2. The number of hydrogen-bond acceptors (Lipinski definition) is 3. The van der Waals surface area contributed by atoms with Gasteiger partial charge in [-0.1, -0.05) is 31.5 Å². The minimum Gasteiger partial charge on any atom is -0.368 e. The van der Waals surface area contributed by atoms with Crippen LogP contribution in [0.25, 0.3) is 0 Å². The Bertz CT molecular complexity index is 974. The Morgan fingerprint density at radius 1 is 1.03 bits per heavy atom. The van der Waals surface area contributed by atoms with Crippen LogP contribution in [0.1, 0.15) is 30.9 Å². The van der Waals surface area contributed by atoms with Crippen molar-refractivity contribution in [1.29, 1.82) is 0 Å². The molecule has 0 spiro atoms. The van der Waals surface area contributed by atoms with Crippen LogP contribution in [0.5, 0.6) is 0 Å². The number of nitrogens with one attached hydrogen (secondary N) is 2. The van der Waals surface area contributed by atoms with Crippen molar-refractivity contribution in [2.45, 2.75) is 38.5 Å². The molecule has 2 aromatic rings. The molecule has 0 aromatic heterocycles. The van der Waals surface area contributed by atoms with Crippen molar-refractivity contribution < 1.29 is 27.2 Å². The van der Waals surface area contributed by atoms with Gasteiger partial charge in [-0.25, -0.2) is 9.18 Å². The van der Waals surface area contributed by atoms with E-state index in [0.29, 0.717) is 44.7 Å². The quantitative estimate of drug-likeness (QED) is 0.585. The molecule has 3 rings (SSSR count). The van der Waals surface area contributed by atoms with Gasteiger partial charge in [-0.3, -0.25) is 4.79 Å². The number of piperazine rings is 1. The Labute approximate surface area is 195 Å². The van der Waals surface area contributed by atoms with Crippen LogP contribution in [-0.2, 0) is 17.5 Å². The van der Waals surface area contributed by atoms with Crippen molar-refractivity contribution in [1.82, 2.24) is 15.5 Å². The van der Waals surface area contributed by atoms with Crippen LogP contribution in [-0.4, -0.2) is 49.1 Å². The molecule has 1 saturated heterocycles. The summed E-state index contributed by atoms with van der Waals surface area (Å²) in [5, 5.41) is 5.38. The summed E-state index contributed by atoms with van der Waals surface area (Å²) in [6, 6.07) is 9.67. The number of urea groups is 1. The van der Waals surface area contributed by atoms with Gasteiger partial charge in [-0.05, 0) is 42.3 Å². The lowest BCUT2D eigenvalue weighted by Crippen LogP contribution is -2.56. The number of anilines is 1. The van der Waals surface area contributed by atoms with E-state index in [4.69, 9.17) is 0 Å². The van der Waals surface area contributed by atoms with E-state index in [1.54, 1.807) is 23.1 Å². The maximum Gasteiger partial charge on any atom is 0.416 e. The van der Waals surface area contributed by atoms with Gasteiger partial charge in [0, 0.05) is 38.4 Å². The predicted octanol–water partition coefficient (Wildman–Crippen LogP) is 4.16. The molecule has 1 aliphatic heterocycles. The van der Waals surface area contributed by atoms with Crippen molar-refractivity contribution in [3.05, 3.63) is 65.5 Å². The molecule has 10 heteroatoms. The molecule has 1 heterocycles. The second-order valence-corrected chi connectivity index (χ2v) is 8.16. The van der Waals surface area contributed by atoms with Gasteiger partial charge in [0.15, 0.2) is 0 Å². The SMILES string of the molecule is CCCC(NC(=O)NCc1ccc(F)cc1)C(=O)N1CCN(c2cccc(C(F)(F)F)c2)CC1. The third-order valence-electron chi connectivity index (χ3n) is 5.68. The highest BCUT2D eigenvalue weighted by Gasteiger charge is 2.32. The number of halogens is 4. The first-order chi connectivity index (χ1) is 16.2. The smallest absolute Gasteiger partial charge is 0.368 e. The van der Waals surface area contributed by atoms with E-state index >= 15 is 0 Å². The summed E-state index contributed by atoms with van der Waals surface area (Å²) in [4.78, 5) is 28.8. The second kappa shape index (κ2) is 11.2. The van der Waals surface area contributed by atoms with E-state index < -0.39 is 23.8 Å². The summed E-state index contributed by atoms with van der Waals surface area (Å²) in [6.07, 6.45) is -3.28. The Morgan fingerprint density at radius 3 is 2.32 bits per heavy atom. The number of amides is 3. The zero-order valence-corrected chi connectivity index (χ0v) is 18.9. The summed E-state index contributed by atoms with van der Waals surface area (Å²) < 4.78 is 52.0. The first-order valence-electron chi connectivity index (χ1n) is 11.2. The van der Waals surface area contributed by atoms with Crippen molar-refractivity contribution >= 4 is 17.6 Å². The van der Waals surface area contributed by atoms with E-state index in [1.165, 1.54) is 18.2 Å². The average molecular weight is 481 g/mol. The van der Waals surface area contributed by atoms with Gasteiger partial charge in [-0.2, -0.15) is 13.2 Å². The molecule has 0 saturated carbocycles. The first-order valence-corrected chi connectivity index (χ1v) is 11.2. The number of rotatable bonds is 7. The molecule has 0 aliphatic carbocycles. The molecular formula is C24H28F4N4O2. The molecule has 0 radical (unpaired) electrons. The van der Waals surface area contributed by atoms with Gasteiger partial charge in [0.1, 0.15) is 11.9 Å². The number of nitrogens with zero attached hydrogens (tertiary/aromatic N) is 2. The Morgan fingerprint density at radius 2 is 1.71 bits per heavy atom.